The second-order valence-corrected chi connectivity index (χ2v) is 7.30. The largest absolute Gasteiger partial charge is 0.494 e. The molecular weight excluding hydrogens is 356 g/mol. The minimum Gasteiger partial charge on any atom is -0.494 e. The average Bonchev–Trinajstić information content (AvgIpc) is 2.83. The van der Waals surface area contributed by atoms with Crippen LogP contribution in [0.4, 0.5) is 23.1 Å². The van der Waals surface area contributed by atoms with Crippen LogP contribution >= 0.6 is 0 Å². The second kappa shape index (κ2) is 7.63. The van der Waals surface area contributed by atoms with Gasteiger partial charge in [0.2, 0.25) is 5.95 Å². The minimum absolute atomic E-state index is 0.233. The summed E-state index contributed by atoms with van der Waals surface area (Å²) in [6.45, 7) is 4.63. The van der Waals surface area contributed by atoms with Crippen LogP contribution in [-0.2, 0) is 0 Å². The summed E-state index contributed by atoms with van der Waals surface area (Å²) in [6.07, 6.45) is 3.75. The van der Waals surface area contributed by atoms with Gasteiger partial charge in [0.15, 0.2) is 0 Å². The Morgan fingerprint density at radius 1 is 1.25 bits per heavy atom. The van der Waals surface area contributed by atoms with Gasteiger partial charge in [0.1, 0.15) is 17.1 Å². The fraction of sp³-hybridized carbons (Fsp3) is 0.450. The number of anilines is 4. The van der Waals surface area contributed by atoms with Gasteiger partial charge in [-0.05, 0) is 52.0 Å². The van der Waals surface area contributed by atoms with Gasteiger partial charge in [0, 0.05) is 25.4 Å². The van der Waals surface area contributed by atoms with Crippen molar-refractivity contribution in [1.82, 2.24) is 14.9 Å². The summed E-state index contributed by atoms with van der Waals surface area (Å²) < 4.78 is 5.53. The van der Waals surface area contributed by atoms with Crippen molar-refractivity contribution < 1.29 is 9.53 Å². The zero-order valence-corrected chi connectivity index (χ0v) is 16.5. The maximum atomic E-state index is 12.7. The number of piperidine rings is 1. The highest BCUT2D eigenvalue weighted by Gasteiger charge is 2.26. The summed E-state index contributed by atoms with van der Waals surface area (Å²) in [7, 11) is 4.17. The number of likely N-dealkylation sites (tertiary alicyclic amines) is 1. The number of fused-ring (bicyclic) bond motifs is 2. The van der Waals surface area contributed by atoms with E-state index < -0.39 is 0 Å². The van der Waals surface area contributed by atoms with Gasteiger partial charge in [0.25, 0.3) is 5.91 Å². The zero-order chi connectivity index (χ0) is 19.7. The van der Waals surface area contributed by atoms with E-state index >= 15 is 0 Å². The quantitative estimate of drug-likeness (QED) is 0.841. The molecule has 1 aromatic heterocycles. The molecular formula is C20H26N6O2. The Labute approximate surface area is 164 Å². The predicted molar refractivity (Wildman–Crippen MR) is 110 cm³/mol. The third-order valence-corrected chi connectivity index (χ3v) is 5.38. The van der Waals surface area contributed by atoms with Crippen molar-refractivity contribution in [2.75, 3.05) is 49.3 Å². The number of ether oxygens (including phenoxy) is 1. The van der Waals surface area contributed by atoms with Gasteiger partial charge >= 0.3 is 0 Å². The lowest BCUT2D eigenvalue weighted by molar-refractivity contribution is 0.102. The second-order valence-electron chi connectivity index (χ2n) is 7.30. The predicted octanol–water partition coefficient (Wildman–Crippen LogP) is 2.72. The molecule has 28 heavy (non-hydrogen) atoms. The van der Waals surface area contributed by atoms with Gasteiger partial charge in [-0.2, -0.15) is 4.98 Å². The maximum absolute atomic E-state index is 12.7. The summed E-state index contributed by atoms with van der Waals surface area (Å²) in [5.41, 5.74) is 1.87. The van der Waals surface area contributed by atoms with Gasteiger partial charge < -0.3 is 25.2 Å². The highest BCUT2D eigenvalue weighted by atomic mass is 16.5. The van der Waals surface area contributed by atoms with Crippen LogP contribution in [-0.4, -0.2) is 60.6 Å². The van der Waals surface area contributed by atoms with Crippen molar-refractivity contribution in [3.8, 4) is 5.75 Å². The van der Waals surface area contributed by atoms with E-state index in [1.165, 1.54) is 0 Å². The number of carbonyl (C=O) groups is 1. The molecule has 0 spiro atoms. The number of benzene rings is 1. The average molecular weight is 382 g/mol. The van der Waals surface area contributed by atoms with E-state index in [0.29, 0.717) is 41.4 Å². The van der Waals surface area contributed by atoms with Crippen molar-refractivity contribution in [3.05, 3.63) is 30.0 Å². The van der Waals surface area contributed by atoms with E-state index in [1.54, 1.807) is 6.20 Å². The van der Waals surface area contributed by atoms with Crippen molar-refractivity contribution in [2.45, 2.75) is 25.8 Å². The monoisotopic (exact) mass is 382 g/mol. The maximum Gasteiger partial charge on any atom is 0.261 e. The molecule has 1 saturated heterocycles. The molecule has 0 unspecified atom stereocenters. The first kappa shape index (κ1) is 18.5. The molecule has 8 nitrogen and oxygen atoms in total. The number of amides is 1. The van der Waals surface area contributed by atoms with Crippen LogP contribution in [0.25, 0.3) is 0 Å². The fourth-order valence-electron chi connectivity index (χ4n) is 3.66. The van der Waals surface area contributed by atoms with Gasteiger partial charge in [-0.3, -0.25) is 4.79 Å². The Kier molecular flexibility index (Phi) is 5.04. The molecule has 2 aromatic rings. The molecule has 4 rings (SSSR count). The van der Waals surface area contributed by atoms with E-state index in [9.17, 15) is 4.79 Å². The van der Waals surface area contributed by atoms with Crippen molar-refractivity contribution in [3.63, 3.8) is 0 Å². The molecule has 0 radical (unpaired) electrons. The molecule has 1 amide bonds. The van der Waals surface area contributed by atoms with Gasteiger partial charge in [-0.25, -0.2) is 4.98 Å². The Hall–Kier alpha value is -2.87. The van der Waals surface area contributed by atoms with Gasteiger partial charge in [-0.15, -0.1) is 0 Å². The fourth-order valence-corrected chi connectivity index (χ4v) is 3.66. The Morgan fingerprint density at radius 3 is 2.79 bits per heavy atom. The van der Waals surface area contributed by atoms with E-state index in [1.807, 2.05) is 32.2 Å². The smallest absolute Gasteiger partial charge is 0.261 e. The van der Waals surface area contributed by atoms with Gasteiger partial charge in [0.05, 0.1) is 18.0 Å². The number of nitrogens with one attached hydrogen (secondary N) is 2. The first-order valence-corrected chi connectivity index (χ1v) is 9.68. The first-order valence-electron chi connectivity index (χ1n) is 9.68. The summed E-state index contributed by atoms with van der Waals surface area (Å²) in [5.74, 6) is 1.62. The summed E-state index contributed by atoms with van der Waals surface area (Å²) in [5, 5.41) is 6.20. The first-order chi connectivity index (χ1) is 13.5. The van der Waals surface area contributed by atoms with E-state index in [-0.39, 0.29) is 5.91 Å². The Balaban J connectivity index is 1.61. The summed E-state index contributed by atoms with van der Waals surface area (Å²) in [4.78, 5) is 26.3. The molecule has 1 aromatic carbocycles. The number of hydrogen-bond donors (Lipinski definition) is 2. The van der Waals surface area contributed by atoms with Gasteiger partial charge in [-0.1, -0.05) is 0 Å². The SMILES string of the molecule is CCOc1ccc2c(c1)NC(=O)c1cnc(N(C)C3CCN(C)CC3)nc1N2. The molecule has 0 bridgehead atoms. The lowest BCUT2D eigenvalue weighted by Crippen LogP contribution is -2.42. The lowest BCUT2D eigenvalue weighted by atomic mass is 10.0. The highest BCUT2D eigenvalue weighted by molar-refractivity contribution is 6.11. The summed E-state index contributed by atoms with van der Waals surface area (Å²) in [6, 6.07) is 5.97. The van der Waals surface area contributed by atoms with E-state index in [0.717, 1.165) is 31.6 Å². The molecule has 0 atom stereocenters. The molecule has 2 N–H and O–H groups in total. The molecule has 0 saturated carbocycles. The zero-order valence-electron chi connectivity index (χ0n) is 16.5. The Bertz CT molecular complexity index is 879. The van der Waals surface area contributed by atoms with Crippen molar-refractivity contribution in [2.24, 2.45) is 0 Å². The van der Waals surface area contributed by atoms with E-state index in [4.69, 9.17) is 4.74 Å². The highest BCUT2D eigenvalue weighted by Crippen LogP contribution is 2.34. The molecule has 2 aliphatic heterocycles. The van der Waals surface area contributed by atoms with Crippen molar-refractivity contribution in [1.29, 1.82) is 0 Å². The van der Waals surface area contributed by atoms with Crippen LogP contribution in [0, 0.1) is 0 Å². The number of nitrogens with zero attached hydrogens (tertiary/aromatic N) is 4. The number of carbonyl (C=O) groups excluding carboxylic acids is 1. The Morgan fingerprint density at radius 2 is 2.04 bits per heavy atom. The standard InChI is InChI=1S/C20H26N6O2/c1-4-28-14-5-6-16-17(11-14)23-19(27)15-12-21-20(24-18(15)22-16)26(3)13-7-9-25(2)10-8-13/h5-6,11-13H,4,7-10H2,1-3H3,(H,23,27)(H,21,22,24). The normalized spacial score (nSPS) is 17.0. The lowest BCUT2D eigenvalue weighted by Gasteiger charge is -2.35. The third-order valence-electron chi connectivity index (χ3n) is 5.38. The van der Waals surface area contributed by atoms with Crippen molar-refractivity contribution >= 4 is 29.0 Å². The van der Waals surface area contributed by atoms with E-state index in [2.05, 4.69) is 37.4 Å². The molecule has 2 aliphatic rings. The number of hydrogen-bond acceptors (Lipinski definition) is 7. The molecule has 1 fully saturated rings. The molecule has 148 valence electrons. The topological polar surface area (TPSA) is 82.6 Å². The summed E-state index contributed by atoms with van der Waals surface area (Å²) >= 11 is 0. The number of rotatable bonds is 4. The van der Waals surface area contributed by atoms with Crippen LogP contribution < -0.4 is 20.3 Å². The van der Waals surface area contributed by atoms with Crippen LogP contribution in [0.1, 0.15) is 30.1 Å². The molecule has 0 aliphatic carbocycles. The van der Waals surface area contributed by atoms with Crippen LogP contribution in [0.2, 0.25) is 0 Å². The van der Waals surface area contributed by atoms with Crippen LogP contribution in [0.5, 0.6) is 5.75 Å². The third kappa shape index (κ3) is 3.60. The molecule has 8 heteroatoms. The molecule has 3 heterocycles. The van der Waals surface area contributed by atoms with Crippen LogP contribution in [0.3, 0.4) is 0 Å². The number of aromatic nitrogens is 2. The van der Waals surface area contributed by atoms with Crippen LogP contribution in [0.15, 0.2) is 24.4 Å². The minimum atomic E-state index is -0.233.